The van der Waals surface area contributed by atoms with Gasteiger partial charge in [0.2, 0.25) is 0 Å². The predicted octanol–water partition coefficient (Wildman–Crippen LogP) is 4.32. The maximum Gasteiger partial charge on any atom is 0.339 e. The van der Waals surface area contributed by atoms with Crippen LogP contribution in [0.3, 0.4) is 0 Å². The number of carbonyl (C=O) groups is 1. The number of hydrogen-bond acceptors (Lipinski definition) is 5. The predicted molar refractivity (Wildman–Crippen MR) is 87.4 cm³/mol. The molecular weight excluding hydrogens is 387 g/mol. The molecule has 0 aliphatic heterocycles. The SMILES string of the molecule is CC(=O)c1c(OS(=O)(=O)c2ccc(Cl)cc2)cc(O)c(Cl)c1Cl. The van der Waals surface area contributed by atoms with E-state index in [1.54, 1.807) is 0 Å². The van der Waals surface area contributed by atoms with Gasteiger partial charge in [0.05, 0.1) is 10.6 Å². The van der Waals surface area contributed by atoms with Gasteiger partial charge in [0.1, 0.15) is 15.7 Å². The molecule has 0 radical (unpaired) electrons. The zero-order valence-corrected chi connectivity index (χ0v) is 14.6. The number of benzene rings is 2. The van der Waals surface area contributed by atoms with Crippen LogP contribution in [0.2, 0.25) is 15.1 Å². The van der Waals surface area contributed by atoms with Crippen molar-refractivity contribution in [2.24, 2.45) is 0 Å². The third-order valence-corrected chi connectivity index (χ3v) is 5.16. The first kappa shape index (κ1) is 17.9. The fraction of sp³-hybridized carbons (Fsp3) is 0.0714. The molecule has 9 heteroatoms. The highest BCUT2D eigenvalue weighted by Crippen LogP contribution is 2.41. The highest BCUT2D eigenvalue weighted by molar-refractivity contribution is 7.87. The van der Waals surface area contributed by atoms with Crippen molar-refractivity contribution >= 4 is 50.7 Å². The lowest BCUT2D eigenvalue weighted by Gasteiger charge is -2.13. The number of Topliss-reactive ketones (excluding diaryl/α,β-unsaturated/α-hetero) is 1. The van der Waals surface area contributed by atoms with Crippen LogP contribution in [0, 0.1) is 0 Å². The van der Waals surface area contributed by atoms with E-state index in [0.29, 0.717) is 5.02 Å². The first-order valence-corrected chi connectivity index (χ1v) is 8.59. The Morgan fingerprint density at radius 1 is 1.09 bits per heavy atom. The maximum atomic E-state index is 12.3. The largest absolute Gasteiger partial charge is 0.506 e. The average Bonchev–Trinajstić information content (AvgIpc) is 2.44. The Hall–Kier alpha value is -1.47. The van der Waals surface area contributed by atoms with Crippen molar-refractivity contribution in [2.75, 3.05) is 0 Å². The Balaban J connectivity index is 2.55. The Morgan fingerprint density at radius 2 is 1.65 bits per heavy atom. The molecule has 5 nitrogen and oxygen atoms in total. The van der Waals surface area contributed by atoms with Gasteiger partial charge in [-0.05, 0) is 31.2 Å². The van der Waals surface area contributed by atoms with E-state index in [1.165, 1.54) is 24.3 Å². The minimum absolute atomic E-state index is 0.179. The highest BCUT2D eigenvalue weighted by atomic mass is 35.5. The number of rotatable bonds is 4. The molecule has 0 bridgehead atoms. The summed E-state index contributed by atoms with van der Waals surface area (Å²) in [7, 11) is -4.26. The monoisotopic (exact) mass is 394 g/mol. The summed E-state index contributed by atoms with van der Waals surface area (Å²) in [5.74, 6) is -1.50. The molecule has 0 heterocycles. The number of ketones is 1. The molecule has 0 atom stereocenters. The van der Waals surface area contributed by atoms with Gasteiger partial charge in [-0.2, -0.15) is 8.42 Å². The van der Waals surface area contributed by atoms with E-state index in [9.17, 15) is 18.3 Å². The molecule has 0 fully saturated rings. The Bertz CT molecular complexity index is 876. The van der Waals surface area contributed by atoms with Crippen LogP contribution in [0.5, 0.6) is 11.5 Å². The second-order valence-corrected chi connectivity index (χ2v) is 7.18. The first-order chi connectivity index (χ1) is 10.6. The van der Waals surface area contributed by atoms with Crippen LogP contribution >= 0.6 is 34.8 Å². The molecule has 0 saturated carbocycles. The smallest absolute Gasteiger partial charge is 0.339 e. The van der Waals surface area contributed by atoms with Crippen molar-refractivity contribution in [3.05, 3.63) is 51.0 Å². The van der Waals surface area contributed by atoms with Crippen LogP contribution in [-0.2, 0) is 10.1 Å². The number of phenols is 1. The topological polar surface area (TPSA) is 80.7 Å². The number of halogens is 3. The highest BCUT2D eigenvalue weighted by Gasteiger charge is 2.25. The minimum Gasteiger partial charge on any atom is -0.506 e. The Morgan fingerprint density at radius 3 is 2.17 bits per heavy atom. The van der Waals surface area contributed by atoms with Crippen LogP contribution in [0.1, 0.15) is 17.3 Å². The molecule has 122 valence electrons. The average molecular weight is 396 g/mol. The van der Waals surface area contributed by atoms with Gasteiger partial charge in [0.25, 0.3) is 0 Å². The van der Waals surface area contributed by atoms with E-state index >= 15 is 0 Å². The lowest BCUT2D eigenvalue weighted by Crippen LogP contribution is -2.12. The third kappa shape index (κ3) is 3.72. The first-order valence-electron chi connectivity index (χ1n) is 6.05. The third-order valence-electron chi connectivity index (χ3n) is 2.81. The molecule has 0 saturated heterocycles. The molecule has 0 aromatic heterocycles. The quantitative estimate of drug-likeness (QED) is 0.616. The minimum atomic E-state index is -4.26. The summed E-state index contributed by atoms with van der Waals surface area (Å²) in [5, 5.41) is 9.46. The van der Waals surface area contributed by atoms with E-state index in [1.807, 2.05) is 0 Å². The molecule has 2 aromatic carbocycles. The van der Waals surface area contributed by atoms with Gasteiger partial charge in [-0.1, -0.05) is 34.8 Å². The maximum absolute atomic E-state index is 12.3. The van der Waals surface area contributed by atoms with Crippen molar-refractivity contribution in [3.8, 4) is 11.5 Å². The van der Waals surface area contributed by atoms with E-state index in [0.717, 1.165) is 13.0 Å². The summed E-state index contributed by atoms with van der Waals surface area (Å²) in [5.41, 5.74) is -0.244. The van der Waals surface area contributed by atoms with Gasteiger partial charge >= 0.3 is 10.1 Å². The van der Waals surface area contributed by atoms with Crippen molar-refractivity contribution in [1.82, 2.24) is 0 Å². The normalized spacial score (nSPS) is 11.3. The van der Waals surface area contributed by atoms with E-state index in [-0.39, 0.29) is 20.5 Å². The molecule has 0 spiro atoms. The molecule has 0 unspecified atom stereocenters. The summed E-state index contributed by atoms with van der Waals surface area (Å²) in [6.07, 6.45) is 0. The standard InChI is InChI=1S/C14H9Cl3O5S/c1-7(18)12-11(6-10(19)13(16)14(12)17)22-23(20,21)9-4-2-8(15)3-5-9/h2-6,19H,1H3. The summed E-state index contributed by atoms with van der Waals surface area (Å²) in [4.78, 5) is 11.5. The zero-order chi connectivity index (χ0) is 17.4. The molecular formula is C14H9Cl3O5S. The van der Waals surface area contributed by atoms with Gasteiger partial charge in [-0.3, -0.25) is 4.79 Å². The van der Waals surface area contributed by atoms with Crippen LogP contribution in [0.15, 0.2) is 35.2 Å². The van der Waals surface area contributed by atoms with Gasteiger partial charge in [-0.25, -0.2) is 0 Å². The molecule has 0 aliphatic rings. The zero-order valence-electron chi connectivity index (χ0n) is 11.5. The summed E-state index contributed by atoms with van der Waals surface area (Å²) < 4.78 is 29.5. The van der Waals surface area contributed by atoms with E-state index in [4.69, 9.17) is 39.0 Å². The molecule has 2 rings (SSSR count). The van der Waals surface area contributed by atoms with Crippen LogP contribution in [0.4, 0.5) is 0 Å². The number of phenolic OH excluding ortho intramolecular Hbond substituents is 1. The van der Waals surface area contributed by atoms with Gasteiger partial charge in [0, 0.05) is 11.1 Å². The number of hydrogen-bond donors (Lipinski definition) is 1. The summed E-state index contributed by atoms with van der Waals surface area (Å²) >= 11 is 17.3. The van der Waals surface area contributed by atoms with E-state index < -0.39 is 27.4 Å². The molecule has 0 aliphatic carbocycles. The number of carbonyl (C=O) groups excluding carboxylic acids is 1. The van der Waals surface area contributed by atoms with Crippen molar-refractivity contribution in [2.45, 2.75) is 11.8 Å². The van der Waals surface area contributed by atoms with Gasteiger partial charge < -0.3 is 9.29 Å². The second kappa shape index (κ2) is 6.57. The van der Waals surface area contributed by atoms with Crippen LogP contribution in [-0.4, -0.2) is 19.3 Å². The summed E-state index contributed by atoms with van der Waals surface area (Å²) in [6.45, 7) is 1.16. The fourth-order valence-electron chi connectivity index (χ4n) is 1.75. The number of aromatic hydroxyl groups is 1. The second-order valence-electron chi connectivity index (χ2n) is 4.44. The van der Waals surface area contributed by atoms with Gasteiger partial charge in [0.15, 0.2) is 11.5 Å². The fourth-order valence-corrected chi connectivity index (χ4v) is 3.28. The van der Waals surface area contributed by atoms with Gasteiger partial charge in [-0.15, -0.1) is 0 Å². The molecule has 0 amide bonds. The Kier molecular flexibility index (Phi) is 5.10. The van der Waals surface area contributed by atoms with E-state index in [2.05, 4.69) is 0 Å². The van der Waals surface area contributed by atoms with Crippen molar-refractivity contribution in [3.63, 3.8) is 0 Å². The molecule has 2 aromatic rings. The summed E-state index contributed by atoms with van der Waals surface area (Å²) in [6, 6.07) is 6.13. The molecule has 1 N–H and O–H groups in total. The van der Waals surface area contributed by atoms with Crippen LogP contribution in [0.25, 0.3) is 0 Å². The lowest BCUT2D eigenvalue weighted by atomic mass is 10.1. The van der Waals surface area contributed by atoms with Crippen molar-refractivity contribution in [1.29, 1.82) is 0 Å². The van der Waals surface area contributed by atoms with Crippen LogP contribution < -0.4 is 4.18 Å². The van der Waals surface area contributed by atoms with Crippen molar-refractivity contribution < 1.29 is 22.5 Å². The Labute approximate surface area is 147 Å². The lowest BCUT2D eigenvalue weighted by molar-refractivity contribution is 0.101. The molecule has 23 heavy (non-hydrogen) atoms.